The smallest absolute Gasteiger partial charge is 0.319 e. The van der Waals surface area contributed by atoms with Crippen molar-refractivity contribution in [3.63, 3.8) is 0 Å². The van der Waals surface area contributed by atoms with Crippen LogP contribution in [0.4, 0.5) is 14.6 Å². The Hall–Kier alpha value is -6.85. The van der Waals surface area contributed by atoms with Gasteiger partial charge in [0.1, 0.15) is 46.8 Å². The van der Waals surface area contributed by atoms with E-state index in [4.69, 9.17) is 16.1 Å². The van der Waals surface area contributed by atoms with Gasteiger partial charge in [0.05, 0.1) is 33.1 Å². The number of amides is 3. The highest BCUT2D eigenvalue weighted by Gasteiger charge is 2.44. The van der Waals surface area contributed by atoms with E-state index in [1.807, 2.05) is 57.5 Å². The van der Waals surface area contributed by atoms with Crippen molar-refractivity contribution in [2.45, 2.75) is 135 Å². The van der Waals surface area contributed by atoms with Crippen LogP contribution in [0.1, 0.15) is 102 Å². The number of piperidine rings is 1. The second-order valence-electron chi connectivity index (χ2n) is 22.5. The lowest BCUT2D eigenvalue weighted by atomic mass is 9.85. The number of hydrogen-bond acceptors (Lipinski definition) is 14. The first kappa shape index (κ1) is 54.5. The molecule has 4 fully saturated rings. The van der Waals surface area contributed by atoms with Crippen LogP contribution in [0.3, 0.4) is 0 Å². The lowest BCUT2D eigenvalue weighted by molar-refractivity contribution is -0.144. The highest BCUT2D eigenvalue weighted by Crippen LogP contribution is 2.40. The fraction of sp³-hybridized carbons (Fsp3) is 0.475. The number of hydrogen-bond donors (Lipinski definition) is 5. The van der Waals surface area contributed by atoms with Gasteiger partial charge in [0, 0.05) is 81.3 Å². The van der Waals surface area contributed by atoms with Crippen molar-refractivity contribution in [3.05, 3.63) is 88.7 Å². The van der Waals surface area contributed by atoms with Crippen molar-refractivity contribution in [2.24, 2.45) is 5.41 Å². The third kappa shape index (κ3) is 11.9. The van der Waals surface area contributed by atoms with Gasteiger partial charge in [-0.1, -0.05) is 69.9 Å². The maximum Gasteiger partial charge on any atom is 0.319 e. The average Bonchev–Trinajstić information content (AvgIpc) is 4.25. The minimum absolute atomic E-state index is 0.00700. The number of piperazine rings is 1. The van der Waals surface area contributed by atoms with Crippen LogP contribution in [0.2, 0.25) is 0 Å². The molecule has 19 heteroatoms. The van der Waals surface area contributed by atoms with Crippen LogP contribution in [0, 0.1) is 36.3 Å². The first-order chi connectivity index (χ1) is 37.5. The number of unbranched alkanes of at least 4 members (excludes halogenated alkanes) is 3. The van der Waals surface area contributed by atoms with Crippen LogP contribution in [0.15, 0.2) is 60.2 Å². The average molecular weight is 1080 g/mol. The number of carbonyl (C=O) groups excluding carboxylic acids is 3. The number of anilines is 1. The number of likely N-dealkylation sites (tertiary alicyclic amines) is 2. The van der Waals surface area contributed by atoms with Crippen LogP contribution >= 0.6 is 11.3 Å². The molecule has 0 saturated carbocycles. The van der Waals surface area contributed by atoms with E-state index < -0.39 is 35.2 Å². The second kappa shape index (κ2) is 23.2. The first-order valence-electron chi connectivity index (χ1n) is 27.2. The Kier molecular flexibility index (Phi) is 16.2. The summed E-state index contributed by atoms with van der Waals surface area (Å²) in [6, 6.07) is 12.3. The Morgan fingerprint density at radius 2 is 1.71 bits per heavy atom. The van der Waals surface area contributed by atoms with Gasteiger partial charge in [0.25, 0.3) is 0 Å². The number of carbonyl (C=O) groups is 3. The van der Waals surface area contributed by atoms with E-state index in [9.17, 15) is 24.6 Å². The van der Waals surface area contributed by atoms with E-state index in [1.165, 1.54) is 35.4 Å². The molecule has 3 unspecified atom stereocenters. The van der Waals surface area contributed by atoms with Gasteiger partial charge in [0.15, 0.2) is 5.82 Å². The molecule has 4 aliphatic heterocycles. The molecule has 16 nitrogen and oxygen atoms in total. The number of aliphatic hydroxyl groups excluding tert-OH is 1. The maximum atomic E-state index is 17.1. The van der Waals surface area contributed by atoms with Gasteiger partial charge in [-0.05, 0) is 92.1 Å². The number of aliphatic hydroxyl groups is 1. The molecule has 5 atom stereocenters. The zero-order valence-corrected chi connectivity index (χ0v) is 45.5. The number of rotatable bonds is 17. The molecule has 78 heavy (non-hydrogen) atoms. The molecule has 2 bridgehead atoms. The predicted molar refractivity (Wildman–Crippen MR) is 297 cm³/mol. The summed E-state index contributed by atoms with van der Waals surface area (Å²) in [6.07, 6.45) is 13.4. The summed E-state index contributed by atoms with van der Waals surface area (Å²) in [5.74, 6) is 0.412. The van der Waals surface area contributed by atoms with Gasteiger partial charge in [-0.3, -0.25) is 19.4 Å². The SMILES string of the molecule is C#Cc1c(F)ccc2cc(O)cc(-c3ncc4c(N5CC6CCC(C5)N6)nc(OC5CCN(CCCCCCC(=O)NC(C(=O)N6C[C@H](O)C[C@H]6C(=O)NCc6ccc(-c7scnc7C)cc6)C(C)(C)C)CC5)nc4c3F)c12. The Bertz CT molecular complexity index is 3230. The molecule has 4 saturated heterocycles. The van der Waals surface area contributed by atoms with E-state index >= 15 is 8.78 Å². The van der Waals surface area contributed by atoms with Gasteiger partial charge in [-0.15, -0.1) is 17.8 Å². The highest BCUT2D eigenvalue weighted by molar-refractivity contribution is 7.13. The second-order valence-corrected chi connectivity index (χ2v) is 23.3. The molecule has 410 valence electrons. The first-order valence-corrected chi connectivity index (χ1v) is 28.1. The van der Waals surface area contributed by atoms with E-state index in [0.29, 0.717) is 48.9 Å². The summed E-state index contributed by atoms with van der Waals surface area (Å²) < 4.78 is 38.6. The van der Waals surface area contributed by atoms with E-state index in [0.717, 1.165) is 73.4 Å². The van der Waals surface area contributed by atoms with Crippen molar-refractivity contribution in [1.82, 2.24) is 45.7 Å². The summed E-state index contributed by atoms with van der Waals surface area (Å²) >= 11 is 1.57. The third-order valence-electron chi connectivity index (χ3n) is 15.8. The normalized spacial score (nSPS) is 20.3. The van der Waals surface area contributed by atoms with Gasteiger partial charge >= 0.3 is 6.01 Å². The topological polar surface area (TPSA) is 198 Å². The fourth-order valence-electron chi connectivity index (χ4n) is 11.6. The largest absolute Gasteiger partial charge is 0.508 e. The molecular formula is C59H68F2N10O6S. The number of phenolic OH excluding ortho intramolecular Hbond substituents is 1. The Balaban J connectivity index is 0.707. The number of nitrogens with zero attached hydrogens (tertiary/aromatic N) is 7. The van der Waals surface area contributed by atoms with Crippen LogP contribution in [-0.4, -0.2) is 133 Å². The number of aryl methyl sites for hydroxylation is 1. The Morgan fingerprint density at radius 3 is 2.41 bits per heavy atom. The van der Waals surface area contributed by atoms with E-state index in [-0.39, 0.29) is 101 Å². The van der Waals surface area contributed by atoms with Crippen molar-refractivity contribution >= 4 is 56.6 Å². The number of halogens is 2. The van der Waals surface area contributed by atoms with Crippen molar-refractivity contribution < 1.29 is 38.1 Å². The van der Waals surface area contributed by atoms with Crippen LogP contribution in [0.5, 0.6) is 11.8 Å². The Labute approximate surface area is 457 Å². The Morgan fingerprint density at radius 1 is 0.962 bits per heavy atom. The molecule has 3 aromatic carbocycles. The fourth-order valence-corrected chi connectivity index (χ4v) is 12.4. The standard InChI is InChI=1S/C59H68F2N10O6S/c1-6-43-46(60)19-16-37-25-40(72)26-44(49(37)43)51-50(61)52-45(29-62-51)55(70-30-38-17-18-39(31-70)65-38)68-58(67-52)77-42-20-23-69(24-21-42)22-10-8-7-9-11-48(74)66-54(59(3,4)5)57(76)71-32-41(73)27-47(71)56(75)63-28-35-12-14-36(15-13-35)53-34(2)64-33-78-53/h1,12-16,19,25-26,29,33,38-39,41-42,47,54,65,72-73H,7-11,17-18,20-24,27-28,30-32H2,2-5H3,(H,63,75)(H,66,74)/t38?,39?,41-,47+,54?/m1/s1. The number of terminal acetylenes is 1. The molecule has 4 aliphatic rings. The summed E-state index contributed by atoms with van der Waals surface area (Å²) in [5.41, 5.74) is 4.04. The number of benzene rings is 3. The third-order valence-corrected chi connectivity index (χ3v) is 16.7. The number of aromatic nitrogens is 4. The van der Waals surface area contributed by atoms with Gasteiger partial charge in [-0.25, -0.2) is 13.8 Å². The highest BCUT2D eigenvalue weighted by atomic mass is 32.1. The lowest BCUT2D eigenvalue weighted by Gasteiger charge is -2.35. The van der Waals surface area contributed by atoms with E-state index in [2.05, 4.69) is 46.6 Å². The number of nitrogens with one attached hydrogen (secondary N) is 3. The molecule has 10 rings (SSSR count). The number of thiazole rings is 1. The van der Waals surface area contributed by atoms with Crippen molar-refractivity contribution in [2.75, 3.05) is 44.2 Å². The van der Waals surface area contributed by atoms with E-state index in [1.54, 1.807) is 11.3 Å². The monoisotopic (exact) mass is 1080 g/mol. The minimum Gasteiger partial charge on any atom is -0.508 e. The molecule has 5 N–H and O–H groups in total. The zero-order chi connectivity index (χ0) is 54.8. The van der Waals surface area contributed by atoms with Crippen LogP contribution in [-0.2, 0) is 20.9 Å². The van der Waals surface area contributed by atoms with Crippen molar-refractivity contribution in [3.8, 4) is 45.8 Å². The summed E-state index contributed by atoms with van der Waals surface area (Å²) in [4.78, 5) is 66.6. The molecule has 3 amide bonds. The van der Waals surface area contributed by atoms with Gasteiger partial charge < -0.3 is 45.6 Å². The minimum atomic E-state index is -0.891. The molecular weight excluding hydrogens is 1010 g/mol. The number of phenols is 1. The molecule has 0 radical (unpaired) electrons. The number of fused-ring (bicyclic) bond motifs is 4. The quantitative estimate of drug-likeness (QED) is 0.0439. The van der Waals surface area contributed by atoms with Gasteiger partial charge in [-0.2, -0.15) is 9.97 Å². The van der Waals surface area contributed by atoms with Crippen molar-refractivity contribution in [1.29, 1.82) is 0 Å². The molecule has 3 aromatic heterocycles. The lowest BCUT2D eigenvalue weighted by Crippen LogP contribution is -2.57. The number of pyridine rings is 1. The summed E-state index contributed by atoms with van der Waals surface area (Å²) in [6.45, 7) is 11.7. The molecule has 6 aromatic rings. The maximum absolute atomic E-state index is 17.1. The van der Waals surface area contributed by atoms with Crippen LogP contribution < -0.4 is 25.6 Å². The number of aromatic hydroxyl groups is 1. The zero-order valence-electron chi connectivity index (χ0n) is 44.7. The number of ether oxygens (including phenoxy) is 1. The molecule has 7 heterocycles. The molecule has 0 spiro atoms. The van der Waals surface area contributed by atoms with Gasteiger partial charge in [0.2, 0.25) is 17.7 Å². The van der Waals surface area contributed by atoms with Crippen LogP contribution in [0.25, 0.3) is 43.4 Å². The molecule has 0 aliphatic carbocycles. The summed E-state index contributed by atoms with van der Waals surface area (Å²) in [7, 11) is 0. The number of β-amino-alcohol motifs (C(OH)–C–C–N with tert-alkyl or cyclic N) is 1. The summed E-state index contributed by atoms with van der Waals surface area (Å²) in [5, 5.41) is 32.1. The predicted octanol–water partition coefficient (Wildman–Crippen LogP) is 7.79.